The molecule has 2 spiro atoms. The first-order valence-electron chi connectivity index (χ1n) is 9.83. The van der Waals surface area contributed by atoms with Crippen LogP contribution in [0.1, 0.15) is 24.8 Å². The SMILES string of the molecule is CN1C(=O)C2(CC3(CCCOC3)Oc3ccc(-c4cc(Cl)cc(Cl)c4)cc32)N=C1N. The van der Waals surface area contributed by atoms with E-state index in [9.17, 15) is 4.79 Å². The number of ether oxygens (including phenoxy) is 2. The summed E-state index contributed by atoms with van der Waals surface area (Å²) in [6.07, 6.45) is 2.05. The molecule has 3 aliphatic rings. The summed E-state index contributed by atoms with van der Waals surface area (Å²) in [6, 6.07) is 11.1. The second-order valence-electron chi connectivity index (χ2n) is 8.18. The van der Waals surface area contributed by atoms with Crippen LogP contribution in [0.3, 0.4) is 0 Å². The highest BCUT2D eigenvalue weighted by Crippen LogP contribution is 2.51. The number of carbonyl (C=O) groups is 1. The molecule has 30 heavy (non-hydrogen) atoms. The summed E-state index contributed by atoms with van der Waals surface area (Å²) in [6.45, 7) is 1.12. The van der Waals surface area contributed by atoms with E-state index in [1.54, 1.807) is 13.1 Å². The number of nitrogens with two attached hydrogens (primary N) is 1. The van der Waals surface area contributed by atoms with Gasteiger partial charge in [0.25, 0.3) is 5.91 Å². The maximum absolute atomic E-state index is 13.4. The Morgan fingerprint density at radius 2 is 1.90 bits per heavy atom. The van der Waals surface area contributed by atoms with Crippen LogP contribution in [0.2, 0.25) is 10.0 Å². The van der Waals surface area contributed by atoms with Crippen LogP contribution in [0, 0.1) is 0 Å². The molecule has 2 N–H and O–H groups in total. The number of guanidine groups is 1. The Hall–Kier alpha value is -2.28. The number of benzene rings is 2. The number of carbonyl (C=O) groups excluding carboxylic acids is 1. The average Bonchev–Trinajstić information content (AvgIpc) is 2.91. The summed E-state index contributed by atoms with van der Waals surface area (Å²) in [7, 11) is 1.65. The van der Waals surface area contributed by atoms with Gasteiger partial charge in [-0.1, -0.05) is 29.3 Å². The summed E-state index contributed by atoms with van der Waals surface area (Å²) in [4.78, 5) is 19.5. The minimum Gasteiger partial charge on any atom is -0.484 e. The van der Waals surface area contributed by atoms with Crippen molar-refractivity contribution in [2.24, 2.45) is 10.7 Å². The van der Waals surface area contributed by atoms with E-state index in [4.69, 9.17) is 38.4 Å². The van der Waals surface area contributed by atoms with Crippen molar-refractivity contribution >= 4 is 35.1 Å². The van der Waals surface area contributed by atoms with E-state index in [1.165, 1.54) is 4.90 Å². The number of likely N-dealkylation sites (N-methyl/N-ethyl adjacent to an activating group) is 1. The standard InChI is InChI=1S/C22H21Cl2N3O3/c1-27-19(28)22(26-20(27)25)11-21(5-2-6-29-12-21)30-18-4-3-13(9-17(18)22)14-7-15(23)10-16(24)8-14/h3-4,7-10H,2,5-6,11-12H2,1H3,(H2,25,26). The number of hydrogen-bond donors (Lipinski definition) is 1. The molecule has 6 nitrogen and oxygen atoms in total. The Bertz CT molecular complexity index is 1060. The van der Waals surface area contributed by atoms with Crippen LogP contribution >= 0.6 is 23.2 Å². The molecule has 2 aromatic carbocycles. The van der Waals surface area contributed by atoms with Gasteiger partial charge in [-0.25, -0.2) is 4.99 Å². The zero-order valence-corrected chi connectivity index (χ0v) is 18.0. The predicted octanol–water partition coefficient (Wildman–Crippen LogP) is 3.97. The van der Waals surface area contributed by atoms with Crippen LogP contribution < -0.4 is 10.5 Å². The molecule has 0 bridgehead atoms. The highest BCUT2D eigenvalue weighted by Gasteiger charge is 2.58. The van der Waals surface area contributed by atoms with Crippen molar-refractivity contribution in [2.45, 2.75) is 30.4 Å². The van der Waals surface area contributed by atoms with Crippen molar-refractivity contribution in [1.29, 1.82) is 0 Å². The van der Waals surface area contributed by atoms with E-state index in [1.807, 2.05) is 30.3 Å². The van der Waals surface area contributed by atoms with Gasteiger partial charge in [0.15, 0.2) is 11.5 Å². The monoisotopic (exact) mass is 445 g/mol. The summed E-state index contributed by atoms with van der Waals surface area (Å²) in [5.41, 5.74) is 6.77. The van der Waals surface area contributed by atoms with Crippen LogP contribution in [-0.4, -0.2) is 42.6 Å². The van der Waals surface area contributed by atoms with E-state index < -0.39 is 11.1 Å². The molecule has 1 fully saturated rings. The van der Waals surface area contributed by atoms with Crippen LogP contribution in [0.25, 0.3) is 11.1 Å². The minimum absolute atomic E-state index is 0.157. The lowest BCUT2D eigenvalue weighted by atomic mass is 9.74. The van der Waals surface area contributed by atoms with Crippen molar-refractivity contribution in [1.82, 2.24) is 4.90 Å². The van der Waals surface area contributed by atoms with Gasteiger partial charge in [0.2, 0.25) is 0 Å². The molecular weight excluding hydrogens is 425 g/mol. The third kappa shape index (κ3) is 2.97. The zero-order chi connectivity index (χ0) is 21.1. The second-order valence-corrected chi connectivity index (χ2v) is 9.05. The molecule has 5 rings (SSSR count). The highest BCUT2D eigenvalue weighted by atomic mass is 35.5. The van der Waals surface area contributed by atoms with Crippen molar-refractivity contribution in [3.63, 3.8) is 0 Å². The Morgan fingerprint density at radius 3 is 2.53 bits per heavy atom. The number of rotatable bonds is 1. The van der Waals surface area contributed by atoms with Crippen LogP contribution in [-0.2, 0) is 15.1 Å². The first-order valence-corrected chi connectivity index (χ1v) is 10.6. The van der Waals surface area contributed by atoms with Gasteiger partial charge < -0.3 is 15.2 Å². The van der Waals surface area contributed by atoms with Gasteiger partial charge in [-0.2, -0.15) is 0 Å². The fourth-order valence-electron chi connectivity index (χ4n) is 4.71. The zero-order valence-electron chi connectivity index (χ0n) is 16.5. The Balaban J connectivity index is 1.69. The molecule has 1 saturated heterocycles. The van der Waals surface area contributed by atoms with Crippen molar-refractivity contribution in [3.8, 4) is 16.9 Å². The van der Waals surface area contributed by atoms with Gasteiger partial charge in [0, 0.05) is 35.7 Å². The number of aliphatic imine (C=N–C) groups is 1. The minimum atomic E-state index is -1.13. The topological polar surface area (TPSA) is 77.2 Å². The molecule has 3 heterocycles. The largest absolute Gasteiger partial charge is 0.484 e. The number of halogens is 2. The molecule has 2 atom stereocenters. The average molecular weight is 446 g/mol. The third-order valence-corrected chi connectivity index (χ3v) is 6.56. The highest BCUT2D eigenvalue weighted by molar-refractivity contribution is 6.35. The molecule has 0 radical (unpaired) electrons. The molecule has 8 heteroatoms. The van der Waals surface area contributed by atoms with Gasteiger partial charge in [-0.3, -0.25) is 9.69 Å². The Labute approximate surface area is 184 Å². The lowest BCUT2D eigenvalue weighted by Gasteiger charge is -2.46. The Morgan fingerprint density at radius 1 is 1.13 bits per heavy atom. The maximum Gasteiger partial charge on any atom is 0.261 e. The van der Waals surface area contributed by atoms with Crippen LogP contribution in [0.4, 0.5) is 0 Å². The number of nitrogens with zero attached hydrogens (tertiary/aromatic N) is 2. The molecule has 0 saturated carbocycles. The number of fused-ring (bicyclic) bond motifs is 2. The number of hydrogen-bond acceptors (Lipinski definition) is 5. The van der Waals surface area contributed by atoms with Crippen molar-refractivity contribution < 1.29 is 14.3 Å². The summed E-state index contributed by atoms with van der Waals surface area (Å²) >= 11 is 12.4. The maximum atomic E-state index is 13.4. The number of amides is 1. The molecule has 3 aliphatic heterocycles. The van der Waals surface area contributed by atoms with E-state index in [2.05, 4.69) is 4.99 Å². The smallest absolute Gasteiger partial charge is 0.261 e. The van der Waals surface area contributed by atoms with Crippen molar-refractivity contribution in [2.75, 3.05) is 20.3 Å². The van der Waals surface area contributed by atoms with Gasteiger partial charge in [-0.05, 0) is 54.3 Å². The predicted molar refractivity (Wildman–Crippen MR) is 116 cm³/mol. The van der Waals surface area contributed by atoms with E-state index >= 15 is 0 Å². The molecule has 2 unspecified atom stereocenters. The lowest BCUT2D eigenvalue weighted by Crippen LogP contribution is -2.55. The first kappa shape index (κ1) is 19.7. The molecule has 0 aromatic heterocycles. The first-order chi connectivity index (χ1) is 14.3. The summed E-state index contributed by atoms with van der Waals surface area (Å²) in [5, 5.41) is 1.08. The molecule has 1 amide bonds. The van der Waals surface area contributed by atoms with Crippen LogP contribution in [0.15, 0.2) is 41.4 Å². The van der Waals surface area contributed by atoms with Gasteiger partial charge in [-0.15, -0.1) is 0 Å². The Kier molecular flexibility index (Phi) is 4.51. The van der Waals surface area contributed by atoms with Crippen LogP contribution in [0.5, 0.6) is 5.75 Å². The van der Waals surface area contributed by atoms with E-state index in [0.717, 1.165) is 24.0 Å². The normalized spacial score (nSPS) is 27.9. The van der Waals surface area contributed by atoms with E-state index in [-0.39, 0.29) is 11.9 Å². The fraction of sp³-hybridized carbons (Fsp3) is 0.364. The molecule has 156 valence electrons. The van der Waals surface area contributed by atoms with E-state index in [0.29, 0.717) is 41.0 Å². The second kappa shape index (κ2) is 6.87. The third-order valence-electron chi connectivity index (χ3n) is 6.12. The lowest BCUT2D eigenvalue weighted by molar-refractivity contribution is -0.139. The molecule has 0 aliphatic carbocycles. The van der Waals surface area contributed by atoms with Crippen molar-refractivity contribution in [3.05, 3.63) is 52.0 Å². The fourth-order valence-corrected chi connectivity index (χ4v) is 5.24. The van der Waals surface area contributed by atoms with Gasteiger partial charge >= 0.3 is 0 Å². The molecular formula is C22H21Cl2N3O3. The summed E-state index contributed by atoms with van der Waals surface area (Å²) in [5.74, 6) is 0.676. The molecule has 2 aromatic rings. The summed E-state index contributed by atoms with van der Waals surface area (Å²) < 4.78 is 12.2. The van der Waals surface area contributed by atoms with Gasteiger partial charge in [0.05, 0.1) is 6.61 Å². The quantitative estimate of drug-likeness (QED) is 0.719. The van der Waals surface area contributed by atoms with Gasteiger partial charge in [0.1, 0.15) is 11.4 Å².